The quantitative estimate of drug-likeness (QED) is 0.383. The molecule has 5 aliphatic carbocycles. The highest BCUT2D eigenvalue weighted by molar-refractivity contribution is 5.86. The predicted molar refractivity (Wildman–Crippen MR) is 130 cm³/mol. The molecule has 0 aromatic heterocycles. The van der Waals surface area contributed by atoms with Crippen LogP contribution in [0.3, 0.4) is 0 Å². The molecule has 0 saturated heterocycles. The summed E-state index contributed by atoms with van der Waals surface area (Å²) in [5.41, 5.74) is 4.80. The molecular formula is C30H46O. The van der Waals surface area contributed by atoms with Gasteiger partial charge in [-0.15, -0.1) is 0 Å². The Bertz CT molecular complexity index is 886. The maximum atomic E-state index is 12.8. The van der Waals surface area contributed by atoms with Crippen molar-refractivity contribution in [1.29, 1.82) is 0 Å². The van der Waals surface area contributed by atoms with Crippen LogP contribution in [0, 0.1) is 44.3 Å². The third-order valence-electron chi connectivity index (χ3n) is 12.8. The van der Waals surface area contributed by atoms with Gasteiger partial charge in [0.15, 0.2) is 0 Å². The summed E-state index contributed by atoms with van der Waals surface area (Å²) in [6.07, 6.45) is 16.3. The van der Waals surface area contributed by atoms with Crippen LogP contribution in [0.5, 0.6) is 0 Å². The molecule has 0 spiro atoms. The summed E-state index contributed by atoms with van der Waals surface area (Å²) >= 11 is 0. The molecule has 5 rings (SSSR count). The van der Waals surface area contributed by atoms with Gasteiger partial charge in [-0.3, -0.25) is 4.79 Å². The van der Waals surface area contributed by atoms with E-state index < -0.39 is 0 Å². The summed E-state index contributed by atoms with van der Waals surface area (Å²) in [6.45, 7) is 20.0. The lowest BCUT2D eigenvalue weighted by atomic mass is 9.34. The number of hydrogen-bond donors (Lipinski definition) is 0. The van der Waals surface area contributed by atoms with Gasteiger partial charge in [0.1, 0.15) is 5.78 Å². The Morgan fingerprint density at radius 3 is 2.19 bits per heavy atom. The Labute approximate surface area is 191 Å². The van der Waals surface area contributed by atoms with Gasteiger partial charge < -0.3 is 0 Å². The summed E-state index contributed by atoms with van der Waals surface area (Å²) < 4.78 is 0. The van der Waals surface area contributed by atoms with Crippen LogP contribution >= 0.6 is 0 Å². The minimum absolute atomic E-state index is 0.165. The molecule has 3 fully saturated rings. The molecule has 0 aliphatic heterocycles. The van der Waals surface area contributed by atoms with Gasteiger partial charge in [-0.1, -0.05) is 74.0 Å². The number of rotatable bonds is 0. The smallest absolute Gasteiger partial charge is 0.138 e. The summed E-state index contributed by atoms with van der Waals surface area (Å²) in [7, 11) is 0. The monoisotopic (exact) mass is 422 g/mol. The molecule has 0 aromatic carbocycles. The summed E-state index contributed by atoms with van der Waals surface area (Å²) in [5.74, 6) is 1.74. The lowest BCUT2D eigenvalue weighted by Crippen LogP contribution is -2.62. The number of Topliss-reactive ketones (excluding diaryl/α,β-unsaturated/α-hetero) is 1. The number of fused-ring (bicyclic) bond motifs is 7. The first-order valence-electron chi connectivity index (χ1n) is 13.2. The summed E-state index contributed by atoms with van der Waals surface area (Å²) in [5, 5.41) is 0. The maximum Gasteiger partial charge on any atom is 0.138 e. The van der Waals surface area contributed by atoms with Crippen molar-refractivity contribution in [2.45, 2.75) is 113 Å². The normalized spacial score (nSPS) is 50.3. The number of ketones is 1. The van der Waals surface area contributed by atoms with Gasteiger partial charge in [0, 0.05) is 11.8 Å². The molecule has 0 aromatic rings. The molecule has 0 bridgehead atoms. The van der Waals surface area contributed by atoms with Crippen molar-refractivity contribution in [3.05, 3.63) is 23.3 Å². The van der Waals surface area contributed by atoms with Crippen LogP contribution in [0.25, 0.3) is 0 Å². The van der Waals surface area contributed by atoms with E-state index in [1.807, 2.05) is 0 Å². The van der Waals surface area contributed by atoms with Crippen LogP contribution in [-0.4, -0.2) is 5.78 Å². The highest BCUT2D eigenvalue weighted by atomic mass is 16.1. The van der Waals surface area contributed by atoms with Crippen LogP contribution in [0.15, 0.2) is 23.3 Å². The first kappa shape index (κ1) is 22.0. The second-order valence-electron chi connectivity index (χ2n) is 14.3. The van der Waals surface area contributed by atoms with Crippen molar-refractivity contribution in [3.8, 4) is 0 Å². The second-order valence-corrected chi connectivity index (χ2v) is 14.3. The Kier molecular flexibility index (Phi) is 4.38. The summed E-state index contributed by atoms with van der Waals surface area (Å²) in [4.78, 5) is 12.8. The third-order valence-corrected chi connectivity index (χ3v) is 12.8. The molecule has 6 atom stereocenters. The molecule has 0 amide bonds. The van der Waals surface area contributed by atoms with Crippen molar-refractivity contribution in [2.24, 2.45) is 44.3 Å². The SMILES string of the molecule is CC1(C)C(=O)CC[C@]2(C)C3=CC[C@@]4(C)[C@@H]5CCCC(C)(C)[C@@]5(C)CC[C@]4(C)C3=CC[C@@H]12. The van der Waals surface area contributed by atoms with Crippen LogP contribution in [0.1, 0.15) is 113 Å². The fourth-order valence-electron chi connectivity index (χ4n) is 9.92. The van der Waals surface area contributed by atoms with Crippen LogP contribution in [0.4, 0.5) is 0 Å². The van der Waals surface area contributed by atoms with Gasteiger partial charge in [0.05, 0.1) is 0 Å². The van der Waals surface area contributed by atoms with Crippen molar-refractivity contribution in [2.75, 3.05) is 0 Å². The van der Waals surface area contributed by atoms with E-state index in [4.69, 9.17) is 0 Å². The average molecular weight is 423 g/mol. The van der Waals surface area contributed by atoms with Gasteiger partial charge in [-0.2, -0.15) is 0 Å². The van der Waals surface area contributed by atoms with Crippen molar-refractivity contribution in [3.63, 3.8) is 0 Å². The topological polar surface area (TPSA) is 17.1 Å². The molecule has 1 nitrogen and oxygen atoms in total. The highest BCUT2D eigenvalue weighted by Gasteiger charge is 2.67. The molecule has 0 unspecified atom stereocenters. The van der Waals surface area contributed by atoms with E-state index in [-0.39, 0.29) is 16.2 Å². The molecule has 0 heterocycles. The third kappa shape index (κ3) is 2.42. The average Bonchev–Trinajstić information content (AvgIpc) is 2.68. The Hall–Kier alpha value is -0.850. The van der Waals surface area contributed by atoms with Crippen molar-refractivity contribution >= 4 is 5.78 Å². The second kappa shape index (κ2) is 6.18. The summed E-state index contributed by atoms with van der Waals surface area (Å²) in [6, 6.07) is 0. The standard InChI is InChI=1S/C30H46O/c1-25(2)15-9-10-23-29(25,7)19-18-28(6)21-11-12-22-26(3,4)24(31)14-16-27(22,5)20(21)13-17-30(23,28)8/h11,13,22-23H,9-10,12,14-19H2,1-8H3/t22-,23+,27+,28+,29-,30-/m0/s1. The van der Waals surface area contributed by atoms with E-state index >= 15 is 0 Å². The van der Waals surface area contributed by atoms with Gasteiger partial charge in [0.2, 0.25) is 0 Å². The zero-order valence-electron chi connectivity index (χ0n) is 21.6. The van der Waals surface area contributed by atoms with E-state index in [1.54, 1.807) is 11.1 Å². The predicted octanol–water partition coefficient (Wildman–Crippen LogP) is 8.30. The number of carbonyl (C=O) groups excluding carboxylic acids is 1. The van der Waals surface area contributed by atoms with Gasteiger partial charge in [0.25, 0.3) is 0 Å². The van der Waals surface area contributed by atoms with Gasteiger partial charge in [-0.05, 0) is 95.0 Å². The van der Waals surface area contributed by atoms with E-state index in [1.165, 1.54) is 38.5 Å². The van der Waals surface area contributed by atoms with E-state index in [9.17, 15) is 4.79 Å². The van der Waals surface area contributed by atoms with Crippen LogP contribution in [0.2, 0.25) is 0 Å². The molecule has 5 aliphatic rings. The molecular weight excluding hydrogens is 376 g/mol. The molecule has 31 heavy (non-hydrogen) atoms. The highest BCUT2D eigenvalue weighted by Crippen LogP contribution is 2.75. The molecule has 1 heteroatoms. The lowest BCUT2D eigenvalue weighted by Gasteiger charge is -2.70. The number of hydrogen-bond acceptors (Lipinski definition) is 1. The minimum atomic E-state index is -0.198. The fraction of sp³-hybridized carbons (Fsp3) is 0.833. The van der Waals surface area contributed by atoms with E-state index in [2.05, 4.69) is 67.5 Å². The Morgan fingerprint density at radius 1 is 0.774 bits per heavy atom. The molecule has 0 radical (unpaired) electrons. The first-order valence-corrected chi connectivity index (χ1v) is 13.2. The van der Waals surface area contributed by atoms with Crippen molar-refractivity contribution < 1.29 is 4.79 Å². The minimum Gasteiger partial charge on any atom is -0.299 e. The van der Waals surface area contributed by atoms with Crippen LogP contribution < -0.4 is 0 Å². The molecule has 3 saturated carbocycles. The van der Waals surface area contributed by atoms with Gasteiger partial charge in [-0.25, -0.2) is 0 Å². The van der Waals surface area contributed by atoms with Crippen LogP contribution in [-0.2, 0) is 4.79 Å². The molecule has 172 valence electrons. The Balaban J connectivity index is 1.62. The zero-order valence-corrected chi connectivity index (χ0v) is 21.6. The Morgan fingerprint density at radius 2 is 1.48 bits per heavy atom. The lowest BCUT2D eigenvalue weighted by molar-refractivity contribution is -0.169. The van der Waals surface area contributed by atoms with E-state index in [0.29, 0.717) is 27.9 Å². The maximum absolute atomic E-state index is 12.8. The first-order chi connectivity index (χ1) is 14.2. The number of allylic oxidation sites excluding steroid dienone is 4. The zero-order chi connectivity index (χ0) is 22.7. The largest absolute Gasteiger partial charge is 0.299 e. The van der Waals surface area contributed by atoms with Crippen molar-refractivity contribution in [1.82, 2.24) is 0 Å². The van der Waals surface area contributed by atoms with E-state index in [0.717, 1.165) is 25.2 Å². The fourth-order valence-corrected chi connectivity index (χ4v) is 9.92. The number of carbonyl (C=O) groups is 1. The van der Waals surface area contributed by atoms with Gasteiger partial charge >= 0.3 is 0 Å². The molecule has 0 N–H and O–H groups in total.